The summed E-state index contributed by atoms with van der Waals surface area (Å²) in [4.78, 5) is 27.8. The van der Waals surface area contributed by atoms with Crippen molar-refractivity contribution in [3.05, 3.63) is 58.6 Å². The first-order chi connectivity index (χ1) is 14.4. The molecule has 0 fully saturated rings. The molecule has 160 valence electrons. The Morgan fingerprint density at radius 1 is 1.10 bits per heavy atom. The molecule has 1 aliphatic carbocycles. The van der Waals surface area contributed by atoms with Crippen LogP contribution in [0.1, 0.15) is 45.4 Å². The van der Waals surface area contributed by atoms with E-state index in [9.17, 15) is 9.59 Å². The summed E-state index contributed by atoms with van der Waals surface area (Å²) in [5.74, 6) is 0.785. The zero-order valence-electron chi connectivity index (χ0n) is 18.2. The molecule has 1 heterocycles. The number of esters is 1. The smallest absolute Gasteiger partial charge is 0.354 e. The summed E-state index contributed by atoms with van der Waals surface area (Å²) in [5.41, 5.74) is 3.37. The van der Waals surface area contributed by atoms with Gasteiger partial charge in [-0.25, -0.2) is 4.79 Å². The van der Waals surface area contributed by atoms with E-state index >= 15 is 0 Å². The van der Waals surface area contributed by atoms with Gasteiger partial charge in [-0.1, -0.05) is 0 Å². The zero-order valence-corrected chi connectivity index (χ0v) is 18.2. The van der Waals surface area contributed by atoms with E-state index in [2.05, 4.69) is 0 Å². The molecule has 0 aliphatic heterocycles. The van der Waals surface area contributed by atoms with Crippen molar-refractivity contribution >= 4 is 11.8 Å². The molecule has 1 aromatic heterocycles. The Morgan fingerprint density at radius 3 is 2.33 bits per heavy atom. The number of hydrogen-bond acceptors (Lipinski definition) is 6. The van der Waals surface area contributed by atoms with Gasteiger partial charge in [0, 0.05) is 38.5 Å². The molecule has 1 aliphatic rings. The van der Waals surface area contributed by atoms with Gasteiger partial charge in [0.25, 0.3) is 0 Å². The Morgan fingerprint density at radius 2 is 1.77 bits per heavy atom. The van der Waals surface area contributed by atoms with Crippen LogP contribution >= 0.6 is 0 Å². The third kappa shape index (κ3) is 4.35. The van der Waals surface area contributed by atoms with Gasteiger partial charge >= 0.3 is 5.97 Å². The highest BCUT2D eigenvalue weighted by molar-refractivity contribution is 6.10. The average molecular weight is 412 g/mol. The monoisotopic (exact) mass is 412 g/mol. The van der Waals surface area contributed by atoms with Crippen molar-refractivity contribution < 1.29 is 23.8 Å². The number of nitrogens with zero attached hydrogens (tertiary/aromatic N) is 2. The summed E-state index contributed by atoms with van der Waals surface area (Å²) >= 11 is 0. The van der Waals surface area contributed by atoms with E-state index < -0.39 is 5.97 Å². The molecule has 0 saturated carbocycles. The quantitative estimate of drug-likeness (QED) is 0.513. The fourth-order valence-electron chi connectivity index (χ4n) is 3.71. The molecule has 0 saturated heterocycles. The Labute approximate surface area is 176 Å². The number of aromatic nitrogens is 1. The first-order valence-electron chi connectivity index (χ1n) is 9.91. The molecule has 7 nitrogen and oxygen atoms in total. The molecule has 0 unspecified atom stereocenters. The van der Waals surface area contributed by atoms with Crippen LogP contribution in [0.3, 0.4) is 0 Å². The van der Waals surface area contributed by atoms with Gasteiger partial charge < -0.3 is 23.7 Å². The Balaban J connectivity index is 2.12. The van der Waals surface area contributed by atoms with Crippen molar-refractivity contribution in [2.24, 2.45) is 0 Å². The normalized spacial score (nSPS) is 14.4. The molecule has 0 bridgehead atoms. The summed E-state index contributed by atoms with van der Waals surface area (Å²) in [6, 6.07) is 7.31. The summed E-state index contributed by atoms with van der Waals surface area (Å²) < 4.78 is 17.7. The van der Waals surface area contributed by atoms with Gasteiger partial charge in [0.1, 0.15) is 17.2 Å². The van der Waals surface area contributed by atoms with E-state index in [1.807, 2.05) is 37.3 Å². The van der Waals surface area contributed by atoms with Crippen LogP contribution in [0.15, 0.2) is 36.0 Å². The van der Waals surface area contributed by atoms with Crippen LogP contribution in [0.5, 0.6) is 11.5 Å². The number of carbonyl (C=O) groups is 2. The standard InChI is InChI=1S/C23H28N2O5/c1-6-30-23(27)20-11-16-7-8-17(14-24(2)3)22(26)21(16)25(20)13-15-9-18(28-4)12-19(10-15)29-5/h9-12,14H,6-8,13H2,1-5H3/b17-14-. The van der Waals surface area contributed by atoms with Crippen molar-refractivity contribution in [3.63, 3.8) is 0 Å². The van der Waals surface area contributed by atoms with E-state index in [0.717, 1.165) is 16.7 Å². The number of Topliss-reactive ketones (excluding diaryl/α,β-unsaturated/α-hetero) is 1. The van der Waals surface area contributed by atoms with Gasteiger partial charge in [0.2, 0.25) is 5.78 Å². The van der Waals surface area contributed by atoms with Gasteiger partial charge in [-0.15, -0.1) is 0 Å². The third-order valence-electron chi connectivity index (χ3n) is 5.00. The van der Waals surface area contributed by atoms with Crippen molar-refractivity contribution in [2.75, 3.05) is 34.9 Å². The lowest BCUT2D eigenvalue weighted by atomic mass is 9.92. The zero-order chi connectivity index (χ0) is 21.8. The van der Waals surface area contributed by atoms with E-state index in [1.165, 1.54) is 0 Å². The van der Waals surface area contributed by atoms with E-state index in [1.54, 1.807) is 37.8 Å². The van der Waals surface area contributed by atoms with Gasteiger partial charge in [0.05, 0.1) is 26.5 Å². The molecule has 0 amide bonds. The lowest BCUT2D eigenvalue weighted by Crippen LogP contribution is -2.22. The van der Waals surface area contributed by atoms with Gasteiger partial charge in [-0.05, 0) is 49.1 Å². The van der Waals surface area contributed by atoms with E-state index in [4.69, 9.17) is 14.2 Å². The summed E-state index contributed by atoms with van der Waals surface area (Å²) in [6.45, 7) is 2.35. The highest BCUT2D eigenvalue weighted by Gasteiger charge is 2.30. The highest BCUT2D eigenvalue weighted by Crippen LogP contribution is 2.31. The number of benzene rings is 1. The number of methoxy groups -OCH3 is 2. The minimum absolute atomic E-state index is 0.0599. The molecular weight excluding hydrogens is 384 g/mol. The Kier molecular flexibility index (Phi) is 6.50. The second-order valence-electron chi connectivity index (χ2n) is 7.38. The van der Waals surface area contributed by atoms with Crippen LogP contribution < -0.4 is 9.47 Å². The van der Waals surface area contributed by atoms with Crippen LogP contribution in [0, 0.1) is 0 Å². The molecule has 0 atom stereocenters. The number of carbonyl (C=O) groups excluding carboxylic acids is 2. The van der Waals surface area contributed by atoms with Gasteiger partial charge in [-0.2, -0.15) is 0 Å². The maximum Gasteiger partial charge on any atom is 0.354 e. The maximum absolute atomic E-state index is 13.3. The molecule has 0 radical (unpaired) electrons. The second-order valence-corrected chi connectivity index (χ2v) is 7.38. The third-order valence-corrected chi connectivity index (χ3v) is 5.00. The van der Waals surface area contributed by atoms with Crippen LogP contribution in [-0.4, -0.2) is 56.1 Å². The van der Waals surface area contributed by atoms with Crippen molar-refractivity contribution in [1.82, 2.24) is 9.47 Å². The maximum atomic E-state index is 13.3. The first kappa shape index (κ1) is 21.5. The lowest BCUT2D eigenvalue weighted by molar-refractivity contribution is 0.0514. The number of rotatable bonds is 7. The first-order valence-corrected chi connectivity index (χ1v) is 9.91. The fourth-order valence-corrected chi connectivity index (χ4v) is 3.71. The lowest BCUT2D eigenvalue weighted by Gasteiger charge is -2.20. The Hall–Kier alpha value is -3.22. The molecule has 1 aromatic carbocycles. The molecule has 30 heavy (non-hydrogen) atoms. The van der Waals surface area contributed by atoms with Gasteiger partial charge in [-0.3, -0.25) is 4.79 Å². The molecular formula is C23H28N2O5. The van der Waals surface area contributed by atoms with Gasteiger partial charge in [0.15, 0.2) is 0 Å². The predicted octanol–water partition coefficient (Wildman–Crippen LogP) is 3.30. The average Bonchev–Trinajstić information content (AvgIpc) is 3.08. The molecule has 0 N–H and O–H groups in total. The van der Waals surface area contributed by atoms with E-state index in [-0.39, 0.29) is 12.4 Å². The van der Waals surface area contributed by atoms with Crippen LogP contribution in [0.25, 0.3) is 0 Å². The minimum Gasteiger partial charge on any atom is -0.497 e. The SMILES string of the molecule is CCOC(=O)c1cc2c(n1Cc1cc(OC)cc(OC)c1)C(=O)/C(=C\N(C)C)CC2. The predicted molar refractivity (Wildman–Crippen MR) is 113 cm³/mol. The number of ketones is 1. The summed E-state index contributed by atoms with van der Waals surface area (Å²) in [6.07, 6.45) is 3.19. The Bertz CT molecular complexity index is 965. The number of allylic oxidation sites excluding steroid dienone is 1. The fraction of sp³-hybridized carbons (Fsp3) is 0.391. The highest BCUT2D eigenvalue weighted by atomic mass is 16.5. The molecule has 0 spiro atoms. The van der Waals surface area contributed by atoms with Crippen molar-refractivity contribution in [1.29, 1.82) is 0 Å². The van der Waals surface area contributed by atoms with Crippen molar-refractivity contribution in [2.45, 2.75) is 26.3 Å². The van der Waals surface area contributed by atoms with Crippen LogP contribution in [-0.2, 0) is 17.7 Å². The molecule has 3 rings (SSSR count). The summed E-state index contributed by atoms with van der Waals surface area (Å²) in [5, 5.41) is 0. The second kappa shape index (κ2) is 9.07. The number of hydrogen-bond donors (Lipinski definition) is 0. The van der Waals surface area contributed by atoms with Crippen molar-refractivity contribution in [3.8, 4) is 11.5 Å². The number of fused-ring (bicyclic) bond motifs is 1. The topological polar surface area (TPSA) is 70.0 Å². The largest absolute Gasteiger partial charge is 0.497 e. The minimum atomic E-state index is -0.437. The van der Waals surface area contributed by atoms with E-state index in [0.29, 0.717) is 42.3 Å². The number of ether oxygens (including phenoxy) is 3. The number of aryl methyl sites for hydroxylation is 1. The molecule has 2 aromatic rings. The van der Waals surface area contributed by atoms with Crippen LogP contribution in [0.2, 0.25) is 0 Å². The van der Waals surface area contributed by atoms with Crippen LogP contribution in [0.4, 0.5) is 0 Å². The summed E-state index contributed by atoms with van der Waals surface area (Å²) in [7, 11) is 6.95. The molecule has 7 heteroatoms.